The van der Waals surface area contributed by atoms with Crippen molar-refractivity contribution < 1.29 is 9.53 Å². The van der Waals surface area contributed by atoms with Gasteiger partial charge in [-0.05, 0) is 26.0 Å². The minimum atomic E-state index is -0.511. The predicted molar refractivity (Wildman–Crippen MR) is 65.1 cm³/mol. The highest BCUT2D eigenvalue weighted by Gasteiger charge is 2.11. The van der Waals surface area contributed by atoms with Crippen molar-refractivity contribution in [2.75, 3.05) is 0 Å². The molecule has 0 saturated heterocycles. The molecule has 2 rings (SSSR count). The summed E-state index contributed by atoms with van der Waals surface area (Å²) in [5.41, 5.74) is 0.633. The Kier molecular flexibility index (Phi) is 2.95. The summed E-state index contributed by atoms with van der Waals surface area (Å²) in [6, 6.07) is 8.32. The minimum Gasteiger partial charge on any atom is -0.458 e. The average Bonchev–Trinajstić information content (AvgIpc) is 2.28. The first-order chi connectivity index (χ1) is 8.08. The molecule has 0 atom stereocenters. The number of hydrogen-bond donors (Lipinski definition) is 1. The topological polar surface area (TPSA) is 59.2 Å². The number of esters is 1. The van der Waals surface area contributed by atoms with Gasteiger partial charge < -0.3 is 9.72 Å². The van der Waals surface area contributed by atoms with Crippen LogP contribution in [0.3, 0.4) is 0 Å². The van der Waals surface area contributed by atoms with E-state index in [1.807, 2.05) is 0 Å². The highest BCUT2D eigenvalue weighted by molar-refractivity contribution is 5.91. The van der Waals surface area contributed by atoms with E-state index in [-0.39, 0.29) is 17.2 Å². The number of carbonyl (C=O) groups excluding carboxylic acids is 1. The molecule has 1 aromatic heterocycles. The van der Waals surface area contributed by atoms with Gasteiger partial charge in [-0.1, -0.05) is 12.1 Å². The molecular weight excluding hydrogens is 218 g/mol. The maximum Gasteiger partial charge on any atom is 0.355 e. The van der Waals surface area contributed by atoms with Gasteiger partial charge in [-0.2, -0.15) is 0 Å². The van der Waals surface area contributed by atoms with Crippen LogP contribution in [0.1, 0.15) is 24.3 Å². The summed E-state index contributed by atoms with van der Waals surface area (Å²) >= 11 is 0. The van der Waals surface area contributed by atoms with Crippen molar-refractivity contribution in [3.63, 3.8) is 0 Å². The van der Waals surface area contributed by atoms with E-state index in [0.717, 1.165) is 0 Å². The van der Waals surface area contributed by atoms with E-state index in [9.17, 15) is 9.59 Å². The average molecular weight is 231 g/mol. The highest BCUT2D eigenvalue weighted by atomic mass is 16.5. The number of ether oxygens (including phenoxy) is 1. The number of para-hydroxylation sites is 1. The summed E-state index contributed by atoms with van der Waals surface area (Å²) in [6.45, 7) is 3.52. The molecule has 0 spiro atoms. The molecule has 1 aromatic carbocycles. The van der Waals surface area contributed by atoms with E-state index in [0.29, 0.717) is 10.9 Å². The second-order valence-electron chi connectivity index (χ2n) is 4.05. The van der Waals surface area contributed by atoms with Crippen molar-refractivity contribution in [3.8, 4) is 0 Å². The molecule has 0 amide bonds. The molecular formula is C13H13NO3. The van der Waals surface area contributed by atoms with Gasteiger partial charge in [-0.15, -0.1) is 0 Å². The lowest BCUT2D eigenvalue weighted by molar-refractivity contribution is 0.0371. The Labute approximate surface area is 98.2 Å². The molecule has 0 fully saturated rings. The summed E-state index contributed by atoms with van der Waals surface area (Å²) in [5, 5.41) is 0.564. The van der Waals surface area contributed by atoms with Crippen molar-refractivity contribution >= 4 is 16.9 Å². The van der Waals surface area contributed by atoms with Crippen LogP contribution in [0.2, 0.25) is 0 Å². The van der Waals surface area contributed by atoms with Gasteiger partial charge in [0.2, 0.25) is 0 Å². The number of carbonyl (C=O) groups is 1. The van der Waals surface area contributed by atoms with Crippen LogP contribution >= 0.6 is 0 Å². The molecule has 2 aromatic rings. The van der Waals surface area contributed by atoms with Crippen LogP contribution in [0.25, 0.3) is 10.9 Å². The highest BCUT2D eigenvalue weighted by Crippen LogP contribution is 2.08. The lowest BCUT2D eigenvalue weighted by Gasteiger charge is -2.08. The fourth-order valence-electron chi connectivity index (χ4n) is 1.58. The van der Waals surface area contributed by atoms with Crippen LogP contribution in [0.5, 0.6) is 0 Å². The smallest absolute Gasteiger partial charge is 0.355 e. The standard InChI is InChI=1S/C13H13NO3/c1-8(2)17-13(16)11-7-12(15)9-5-3-4-6-10(9)14-11/h3-8H,1-2H3,(H,14,15). The number of H-pyrrole nitrogens is 1. The summed E-state index contributed by atoms with van der Waals surface area (Å²) in [6.07, 6.45) is -0.211. The van der Waals surface area contributed by atoms with E-state index < -0.39 is 5.97 Å². The van der Waals surface area contributed by atoms with Gasteiger partial charge >= 0.3 is 5.97 Å². The molecule has 0 unspecified atom stereocenters. The largest absolute Gasteiger partial charge is 0.458 e. The number of nitrogens with one attached hydrogen (secondary N) is 1. The normalized spacial score (nSPS) is 10.8. The number of aromatic nitrogens is 1. The molecule has 1 heterocycles. The Morgan fingerprint density at radius 1 is 1.29 bits per heavy atom. The quantitative estimate of drug-likeness (QED) is 0.805. The van der Waals surface area contributed by atoms with Crippen LogP contribution in [0, 0.1) is 0 Å². The molecule has 4 heteroatoms. The third-order valence-corrected chi connectivity index (χ3v) is 2.30. The van der Waals surface area contributed by atoms with Crippen molar-refractivity contribution in [2.24, 2.45) is 0 Å². The third kappa shape index (κ3) is 2.36. The third-order valence-electron chi connectivity index (χ3n) is 2.30. The van der Waals surface area contributed by atoms with E-state index in [1.165, 1.54) is 6.07 Å². The monoisotopic (exact) mass is 231 g/mol. The number of aromatic amines is 1. The van der Waals surface area contributed by atoms with E-state index >= 15 is 0 Å². The first-order valence-corrected chi connectivity index (χ1v) is 5.41. The number of rotatable bonds is 2. The SMILES string of the molecule is CC(C)OC(=O)c1cc(=O)c2ccccc2[nH]1. The lowest BCUT2D eigenvalue weighted by Crippen LogP contribution is -2.16. The van der Waals surface area contributed by atoms with Crippen LogP contribution in [0.15, 0.2) is 35.1 Å². The second kappa shape index (κ2) is 4.41. The maximum absolute atomic E-state index is 11.8. The molecule has 0 saturated carbocycles. The van der Waals surface area contributed by atoms with Gasteiger partial charge in [0.05, 0.1) is 6.10 Å². The molecule has 0 aliphatic rings. The van der Waals surface area contributed by atoms with Crippen molar-refractivity contribution in [1.29, 1.82) is 0 Å². The lowest BCUT2D eigenvalue weighted by atomic mass is 10.2. The Morgan fingerprint density at radius 3 is 2.71 bits per heavy atom. The zero-order valence-electron chi connectivity index (χ0n) is 9.69. The predicted octanol–water partition coefficient (Wildman–Crippen LogP) is 2.09. The van der Waals surface area contributed by atoms with Crippen LogP contribution in [-0.4, -0.2) is 17.1 Å². The van der Waals surface area contributed by atoms with E-state index in [2.05, 4.69) is 4.98 Å². The van der Waals surface area contributed by atoms with Gasteiger partial charge in [0.25, 0.3) is 0 Å². The molecule has 17 heavy (non-hydrogen) atoms. The molecule has 1 N–H and O–H groups in total. The van der Waals surface area contributed by atoms with Crippen molar-refractivity contribution in [1.82, 2.24) is 4.98 Å². The molecule has 4 nitrogen and oxygen atoms in total. The fraction of sp³-hybridized carbons (Fsp3) is 0.231. The molecule has 0 aliphatic heterocycles. The van der Waals surface area contributed by atoms with Crippen molar-refractivity contribution in [2.45, 2.75) is 20.0 Å². The summed E-state index contributed by atoms with van der Waals surface area (Å²) in [5.74, 6) is -0.511. The van der Waals surface area contributed by atoms with Crippen LogP contribution < -0.4 is 5.43 Å². The minimum absolute atomic E-state index is 0.183. The van der Waals surface area contributed by atoms with Gasteiger partial charge in [0.15, 0.2) is 5.43 Å². The first kappa shape index (κ1) is 11.4. The number of hydrogen-bond acceptors (Lipinski definition) is 3. The maximum atomic E-state index is 11.8. The second-order valence-corrected chi connectivity index (χ2v) is 4.05. The number of pyridine rings is 1. The summed E-state index contributed by atoms with van der Waals surface area (Å²) in [7, 11) is 0. The van der Waals surface area contributed by atoms with Gasteiger partial charge in [0, 0.05) is 17.0 Å². The molecule has 0 bridgehead atoms. The molecule has 88 valence electrons. The zero-order chi connectivity index (χ0) is 12.4. The van der Waals surface area contributed by atoms with Gasteiger partial charge in [-0.25, -0.2) is 4.79 Å². The van der Waals surface area contributed by atoms with Crippen molar-refractivity contribution in [3.05, 3.63) is 46.2 Å². The Morgan fingerprint density at radius 2 is 2.00 bits per heavy atom. The molecule has 0 radical (unpaired) electrons. The van der Waals surface area contributed by atoms with Gasteiger partial charge in [0.1, 0.15) is 5.69 Å². The summed E-state index contributed by atoms with van der Waals surface area (Å²) in [4.78, 5) is 26.3. The molecule has 0 aliphatic carbocycles. The van der Waals surface area contributed by atoms with E-state index in [4.69, 9.17) is 4.74 Å². The Hall–Kier alpha value is -2.10. The fourth-order valence-corrected chi connectivity index (χ4v) is 1.58. The van der Waals surface area contributed by atoms with Gasteiger partial charge in [-0.3, -0.25) is 4.79 Å². The number of fused-ring (bicyclic) bond motifs is 1. The van der Waals surface area contributed by atoms with E-state index in [1.54, 1.807) is 38.1 Å². The summed E-state index contributed by atoms with van der Waals surface area (Å²) < 4.78 is 5.03. The Balaban J connectivity index is 2.50. The zero-order valence-corrected chi connectivity index (χ0v) is 9.69. The number of benzene rings is 1. The van der Waals surface area contributed by atoms with Crippen LogP contribution in [-0.2, 0) is 4.74 Å². The Bertz CT molecular complexity index is 613. The first-order valence-electron chi connectivity index (χ1n) is 5.41. The van der Waals surface area contributed by atoms with Crippen LogP contribution in [0.4, 0.5) is 0 Å².